The van der Waals surface area contributed by atoms with Gasteiger partial charge in [0, 0.05) is 36.2 Å². The lowest BCUT2D eigenvalue weighted by Crippen LogP contribution is -2.32. The fraction of sp³-hybridized carbons (Fsp3) is 0.667. The Kier molecular flexibility index (Phi) is 4.59. The van der Waals surface area contributed by atoms with Crippen molar-refractivity contribution in [2.24, 2.45) is 0 Å². The predicted molar refractivity (Wildman–Crippen MR) is 74.8 cm³/mol. The smallest absolute Gasteiger partial charge is 0.0717 e. The first-order valence-electron chi connectivity index (χ1n) is 7.01. The molecule has 0 amide bonds. The summed E-state index contributed by atoms with van der Waals surface area (Å²) in [6.07, 6.45) is 9.73. The number of rotatable bonds is 3. The van der Waals surface area contributed by atoms with Gasteiger partial charge < -0.3 is 10.0 Å². The van der Waals surface area contributed by atoms with Gasteiger partial charge in [0.25, 0.3) is 0 Å². The molecule has 0 unspecified atom stereocenters. The number of anilines is 1. The third-order valence-corrected chi connectivity index (χ3v) is 4.02. The van der Waals surface area contributed by atoms with Crippen LogP contribution in [0.1, 0.15) is 49.8 Å². The highest BCUT2D eigenvalue weighted by atomic mass is 16.3. The molecule has 1 fully saturated rings. The van der Waals surface area contributed by atoms with Crippen molar-refractivity contribution in [2.75, 3.05) is 11.9 Å². The summed E-state index contributed by atoms with van der Waals surface area (Å²) < 4.78 is 0. The van der Waals surface area contributed by atoms with Crippen molar-refractivity contribution in [3.63, 3.8) is 0 Å². The zero-order valence-corrected chi connectivity index (χ0v) is 11.5. The molecule has 2 rings (SSSR count). The number of aryl methyl sites for hydroxylation is 1. The minimum absolute atomic E-state index is 0.0691. The Hall–Kier alpha value is -1.09. The highest BCUT2D eigenvalue weighted by molar-refractivity contribution is 5.53. The first-order chi connectivity index (χ1) is 8.72. The highest BCUT2D eigenvalue weighted by Gasteiger charge is 2.19. The zero-order chi connectivity index (χ0) is 13.0. The SMILES string of the molecule is Cc1cc(N(C)C2CCCCCC2)c(CO)cn1. The number of aromatic nitrogens is 1. The fourth-order valence-electron chi connectivity index (χ4n) is 2.87. The van der Waals surface area contributed by atoms with Crippen LogP contribution in [0.4, 0.5) is 5.69 Å². The number of pyridine rings is 1. The molecule has 1 aromatic heterocycles. The molecule has 0 atom stereocenters. The predicted octanol–water partition coefficient (Wildman–Crippen LogP) is 3.04. The van der Waals surface area contributed by atoms with E-state index in [0.29, 0.717) is 6.04 Å². The van der Waals surface area contributed by atoms with Crippen LogP contribution >= 0.6 is 0 Å². The van der Waals surface area contributed by atoms with Crippen LogP contribution in [-0.4, -0.2) is 23.2 Å². The Bertz CT molecular complexity index is 384. The highest BCUT2D eigenvalue weighted by Crippen LogP contribution is 2.28. The van der Waals surface area contributed by atoms with Crippen LogP contribution in [-0.2, 0) is 6.61 Å². The molecule has 0 aliphatic heterocycles. The minimum atomic E-state index is 0.0691. The Morgan fingerprint density at radius 3 is 2.56 bits per heavy atom. The Morgan fingerprint density at radius 1 is 1.28 bits per heavy atom. The van der Waals surface area contributed by atoms with Gasteiger partial charge in [0.1, 0.15) is 0 Å². The maximum absolute atomic E-state index is 9.45. The number of aliphatic hydroxyl groups is 1. The molecule has 0 spiro atoms. The number of nitrogens with zero attached hydrogens (tertiary/aromatic N) is 2. The third kappa shape index (κ3) is 3.02. The Labute approximate surface area is 110 Å². The minimum Gasteiger partial charge on any atom is -0.392 e. The Balaban J connectivity index is 2.20. The van der Waals surface area contributed by atoms with Gasteiger partial charge in [-0.1, -0.05) is 25.7 Å². The zero-order valence-electron chi connectivity index (χ0n) is 11.5. The average Bonchev–Trinajstić information content (AvgIpc) is 2.66. The summed E-state index contributed by atoms with van der Waals surface area (Å²) >= 11 is 0. The monoisotopic (exact) mass is 248 g/mol. The van der Waals surface area contributed by atoms with Gasteiger partial charge in [0.15, 0.2) is 0 Å². The third-order valence-electron chi connectivity index (χ3n) is 4.02. The number of hydrogen-bond donors (Lipinski definition) is 1. The number of aliphatic hydroxyl groups excluding tert-OH is 1. The van der Waals surface area contributed by atoms with E-state index < -0.39 is 0 Å². The topological polar surface area (TPSA) is 36.4 Å². The van der Waals surface area contributed by atoms with Crippen molar-refractivity contribution in [2.45, 2.75) is 58.1 Å². The quantitative estimate of drug-likeness (QED) is 0.835. The van der Waals surface area contributed by atoms with E-state index in [9.17, 15) is 5.11 Å². The Morgan fingerprint density at radius 2 is 1.94 bits per heavy atom. The first kappa shape index (κ1) is 13.3. The lowest BCUT2D eigenvalue weighted by molar-refractivity contribution is 0.281. The van der Waals surface area contributed by atoms with E-state index in [-0.39, 0.29) is 6.61 Å². The van der Waals surface area contributed by atoms with Crippen molar-refractivity contribution < 1.29 is 5.11 Å². The molecule has 1 aromatic rings. The molecule has 100 valence electrons. The second kappa shape index (κ2) is 6.19. The lowest BCUT2D eigenvalue weighted by Gasteiger charge is -2.31. The van der Waals surface area contributed by atoms with Gasteiger partial charge in [-0.15, -0.1) is 0 Å². The van der Waals surface area contributed by atoms with Gasteiger partial charge in [-0.05, 0) is 25.8 Å². The molecular formula is C15H24N2O. The van der Waals surface area contributed by atoms with E-state index in [0.717, 1.165) is 16.9 Å². The molecule has 1 saturated carbocycles. The maximum atomic E-state index is 9.45. The molecular weight excluding hydrogens is 224 g/mol. The van der Waals surface area contributed by atoms with Crippen LogP contribution in [0.25, 0.3) is 0 Å². The van der Waals surface area contributed by atoms with E-state index >= 15 is 0 Å². The molecule has 3 heteroatoms. The van der Waals surface area contributed by atoms with Gasteiger partial charge in [-0.25, -0.2) is 0 Å². The largest absolute Gasteiger partial charge is 0.392 e. The van der Waals surface area contributed by atoms with Crippen LogP contribution in [0.3, 0.4) is 0 Å². The van der Waals surface area contributed by atoms with Gasteiger partial charge in [0.2, 0.25) is 0 Å². The van der Waals surface area contributed by atoms with E-state index in [1.165, 1.54) is 38.5 Å². The van der Waals surface area contributed by atoms with Crippen LogP contribution in [0.2, 0.25) is 0 Å². The van der Waals surface area contributed by atoms with Gasteiger partial charge >= 0.3 is 0 Å². The van der Waals surface area contributed by atoms with Gasteiger partial charge in [0.05, 0.1) is 6.61 Å². The summed E-state index contributed by atoms with van der Waals surface area (Å²) in [5.41, 5.74) is 3.10. The summed E-state index contributed by atoms with van der Waals surface area (Å²) in [5, 5.41) is 9.45. The lowest BCUT2D eigenvalue weighted by atomic mass is 10.1. The van der Waals surface area contributed by atoms with Crippen molar-refractivity contribution in [1.82, 2.24) is 4.98 Å². The summed E-state index contributed by atoms with van der Waals surface area (Å²) in [4.78, 5) is 6.62. The standard InChI is InChI=1S/C15H24N2O/c1-12-9-15(13(11-18)10-16-12)17(2)14-7-5-3-4-6-8-14/h9-10,14,18H,3-8,11H2,1-2H3. The van der Waals surface area contributed by atoms with Gasteiger partial charge in [-0.2, -0.15) is 0 Å². The molecule has 1 heterocycles. The average molecular weight is 248 g/mol. The molecule has 1 aliphatic rings. The normalized spacial score (nSPS) is 17.5. The molecule has 1 aliphatic carbocycles. The molecule has 0 bridgehead atoms. The molecule has 3 nitrogen and oxygen atoms in total. The summed E-state index contributed by atoms with van der Waals surface area (Å²) in [6.45, 7) is 2.07. The van der Waals surface area contributed by atoms with E-state index in [2.05, 4.69) is 23.0 Å². The molecule has 18 heavy (non-hydrogen) atoms. The summed E-state index contributed by atoms with van der Waals surface area (Å²) in [7, 11) is 2.16. The maximum Gasteiger partial charge on any atom is 0.0717 e. The first-order valence-corrected chi connectivity index (χ1v) is 7.01. The summed E-state index contributed by atoms with van der Waals surface area (Å²) in [5.74, 6) is 0. The van der Waals surface area contributed by atoms with E-state index in [1.54, 1.807) is 6.20 Å². The van der Waals surface area contributed by atoms with Crippen LogP contribution in [0.15, 0.2) is 12.3 Å². The molecule has 1 N–H and O–H groups in total. The second-order valence-electron chi connectivity index (χ2n) is 5.37. The molecule has 0 aromatic carbocycles. The van der Waals surface area contributed by atoms with E-state index in [1.807, 2.05) is 6.92 Å². The number of hydrogen-bond acceptors (Lipinski definition) is 3. The molecule has 0 saturated heterocycles. The fourth-order valence-corrected chi connectivity index (χ4v) is 2.87. The van der Waals surface area contributed by atoms with Crippen LogP contribution < -0.4 is 4.90 Å². The van der Waals surface area contributed by atoms with Crippen molar-refractivity contribution in [1.29, 1.82) is 0 Å². The van der Waals surface area contributed by atoms with Crippen molar-refractivity contribution >= 4 is 5.69 Å². The second-order valence-corrected chi connectivity index (χ2v) is 5.37. The van der Waals surface area contributed by atoms with Crippen molar-refractivity contribution in [3.05, 3.63) is 23.5 Å². The van der Waals surface area contributed by atoms with Crippen LogP contribution in [0, 0.1) is 6.92 Å². The van der Waals surface area contributed by atoms with Gasteiger partial charge in [-0.3, -0.25) is 4.98 Å². The van der Waals surface area contributed by atoms with Crippen LogP contribution in [0.5, 0.6) is 0 Å². The summed E-state index contributed by atoms with van der Waals surface area (Å²) in [6, 6.07) is 2.70. The van der Waals surface area contributed by atoms with E-state index in [4.69, 9.17) is 0 Å². The van der Waals surface area contributed by atoms with Crippen molar-refractivity contribution in [3.8, 4) is 0 Å². The molecule has 0 radical (unpaired) electrons.